The number of anilines is 2. The Bertz CT molecular complexity index is 2100. The van der Waals surface area contributed by atoms with Gasteiger partial charge in [0.15, 0.2) is 23.1 Å². The van der Waals surface area contributed by atoms with Crippen LogP contribution in [0.1, 0.15) is 33.1 Å². The molecule has 6 aromatic rings. The SMILES string of the molecule is C.COc1cccnc1N1CCCN(Cc2csc(-c3ccccc3)n2)CC1.COc1cccnc1N1CCCNCC1.Cl.Cl.ClCc1csc(-c2ccccc2)n1.O=CO[O-].[Cs+].[Cs+].[H-]. The van der Waals surface area contributed by atoms with Crippen LogP contribution in [0.3, 0.4) is 0 Å². The molecule has 0 bridgehead atoms. The van der Waals surface area contributed by atoms with Gasteiger partial charge in [-0.1, -0.05) is 68.1 Å². The first-order valence-electron chi connectivity index (χ1n) is 19.3. The molecule has 0 radical (unpaired) electrons. The molecular formula is C44H57Cl3Cs2N8O5S2. The molecule has 0 aliphatic carbocycles. The molecule has 0 amide bonds. The Balaban J connectivity index is 0. The molecule has 13 nitrogen and oxygen atoms in total. The van der Waals surface area contributed by atoms with E-state index in [2.05, 4.69) is 81.6 Å². The molecule has 2 aliphatic rings. The Morgan fingerprint density at radius 3 is 1.70 bits per heavy atom. The van der Waals surface area contributed by atoms with Crippen LogP contribution in [-0.4, -0.2) is 97.9 Å². The summed E-state index contributed by atoms with van der Waals surface area (Å²) in [6.07, 6.45) is 5.91. The van der Waals surface area contributed by atoms with E-state index in [1.807, 2.05) is 66.3 Å². The molecule has 0 unspecified atom stereocenters. The summed E-state index contributed by atoms with van der Waals surface area (Å²) in [5, 5.41) is 18.1. The number of alkyl halides is 1. The van der Waals surface area contributed by atoms with Crippen LogP contribution in [0.4, 0.5) is 11.6 Å². The van der Waals surface area contributed by atoms with Crippen LogP contribution in [0.5, 0.6) is 11.5 Å². The number of hydrogen-bond acceptors (Lipinski definition) is 15. The quantitative estimate of drug-likeness (QED) is 0.0931. The molecule has 6 heterocycles. The number of aromatic nitrogens is 4. The van der Waals surface area contributed by atoms with Gasteiger partial charge in [-0.25, -0.2) is 19.9 Å². The first-order valence-corrected chi connectivity index (χ1v) is 21.5. The van der Waals surface area contributed by atoms with E-state index in [9.17, 15) is 0 Å². The maximum absolute atomic E-state index is 8.64. The van der Waals surface area contributed by atoms with Gasteiger partial charge in [0, 0.05) is 86.6 Å². The van der Waals surface area contributed by atoms with E-state index in [0.29, 0.717) is 5.88 Å². The Morgan fingerprint density at radius 1 is 0.703 bits per heavy atom. The number of hydrogen-bond donors (Lipinski definition) is 1. The van der Waals surface area contributed by atoms with E-state index >= 15 is 0 Å². The third-order valence-electron chi connectivity index (χ3n) is 9.18. The predicted octanol–water partition coefficient (Wildman–Crippen LogP) is 2.40. The van der Waals surface area contributed by atoms with Crippen molar-refractivity contribution in [1.82, 2.24) is 30.2 Å². The van der Waals surface area contributed by atoms with E-state index in [4.69, 9.17) is 36.1 Å². The van der Waals surface area contributed by atoms with Gasteiger partial charge >= 0.3 is 138 Å². The van der Waals surface area contributed by atoms with Crippen molar-refractivity contribution >= 4 is 77.2 Å². The monoisotopic (exact) mass is 1210 g/mol. The Hall–Kier alpha value is -0.476. The molecule has 8 rings (SSSR count). The average molecular weight is 1210 g/mol. The number of carbonyl (C=O) groups is 1. The molecule has 0 saturated carbocycles. The molecule has 0 spiro atoms. The zero-order chi connectivity index (χ0) is 41.5. The van der Waals surface area contributed by atoms with Crippen LogP contribution < -0.4 is 168 Å². The zero-order valence-electron chi connectivity index (χ0n) is 37.1. The number of ether oxygens (including phenoxy) is 2. The second kappa shape index (κ2) is 37.4. The summed E-state index contributed by atoms with van der Waals surface area (Å²) in [4.78, 5) is 36.5. The first kappa shape index (κ1) is 63.5. The number of methoxy groups -OCH3 is 2. The van der Waals surface area contributed by atoms with E-state index in [0.717, 1.165) is 122 Å². The van der Waals surface area contributed by atoms with Crippen molar-refractivity contribution in [2.24, 2.45) is 0 Å². The van der Waals surface area contributed by atoms with Gasteiger partial charge in [-0.2, -0.15) is 0 Å². The third-order valence-corrected chi connectivity index (χ3v) is 11.3. The number of nitrogens with one attached hydrogen (secondary N) is 1. The van der Waals surface area contributed by atoms with E-state index in [1.54, 1.807) is 36.9 Å². The number of nitrogens with zero attached hydrogens (tertiary/aromatic N) is 7. The minimum Gasteiger partial charge on any atom is -1.00 e. The third kappa shape index (κ3) is 21.4. The second-order valence-corrected chi connectivity index (χ2v) is 15.1. The van der Waals surface area contributed by atoms with Crippen molar-refractivity contribution < 1.29 is 164 Å². The standard InChI is InChI=1S/C21H24N4OS.C11H17N3O.C10H8ClNS.CH2O3.CH4.2ClH.2Cs.H/c1-26-19-9-5-10-22-20(19)25-12-6-11-24(13-14-25)15-18-16-27-21(23-18)17-7-3-2-4-8-17;1-15-10-4-2-6-13-11(10)14-8-3-5-12-7-9-14;11-6-9-7-13-10(12-9)8-4-2-1-3-5-8;2-1-4-3;;;;;;/h2-5,7-10,16H,6,11-15H2,1H3;2,4,6,12H,3,5,7-9H2,1H3;1-5,7H,6H2;1,3H;1H4;2*1H;;;/q;;;;;;;2*+1;-1/p-1. The number of benzene rings is 2. The van der Waals surface area contributed by atoms with Gasteiger partial charge in [0.25, 0.3) is 6.47 Å². The molecule has 1 N–H and O–H groups in total. The Morgan fingerprint density at radius 2 is 1.20 bits per heavy atom. The van der Waals surface area contributed by atoms with E-state index < -0.39 is 0 Å². The molecule has 2 aliphatic heterocycles. The molecule has 0 atom stereocenters. The summed E-state index contributed by atoms with van der Waals surface area (Å²) in [6, 6.07) is 28.3. The van der Waals surface area contributed by atoms with Crippen LogP contribution >= 0.6 is 59.1 Å². The Labute approximate surface area is 522 Å². The summed E-state index contributed by atoms with van der Waals surface area (Å²) >= 11 is 9.03. The first-order chi connectivity index (χ1) is 29.1. The number of halogens is 3. The van der Waals surface area contributed by atoms with Crippen LogP contribution in [0.25, 0.3) is 21.1 Å². The van der Waals surface area contributed by atoms with Crippen molar-refractivity contribution in [1.29, 1.82) is 0 Å². The van der Waals surface area contributed by atoms with Gasteiger partial charge < -0.3 is 36.2 Å². The average Bonchev–Trinajstić information content (AvgIpc) is 3.83. The van der Waals surface area contributed by atoms with Gasteiger partial charge in [0.2, 0.25) is 0 Å². The Kier molecular flexibility index (Phi) is 37.1. The number of rotatable bonds is 10. The van der Waals surface area contributed by atoms with Gasteiger partial charge in [0.05, 0.1) is 31.5 Å². The molecule has 20 heteroatoms. The van der Waals surface area contributed by atoms with Crippen molar-refractivity contribution in [2.45, 2.75) is 32.7 Å². The predicted molar refractivity (Wildman–Crippen MR) is 258 cm³/mol. The summed E-state index contributed by atoms with van der Waals surface area (Å²) in [6.45, 7) is 8.87. The molecular weight excluding hydrogens is 1160 g/mol. The van der Waals surface area contributed by atoms with E-state index in [-0.39, 0.29) is 178 Å². The molecule has 2 saturated heterocycles. The van der Waals surface area contributed by atoms with Crippen LogP contribution in [0.2, 0.25) is 0 Å². The molecule has 338 valence electrons. The molecule has 2 aromatic carbocycles. The maximum atomic E-state index is 8.64. The summed E-state index contributed by atoms with van der Waals surface area (Å²) < 4.78 is 10.8. The summed E-state index contributed by atoms with van der Waals surface area (Å²) in [7, 11) is 3.40. The van der Waals surface area contributed by atoms with Crippen molar-refractivity contribution in [3.05, 3.63) is 119 Å². The molecule has 64 heavy (non-hydrogen) atoms. The molecule has 4 aromatic heterocycles. The summed E-state index contributed by atoms with van der Waals surface area (Å²) in [5.74, 6) is 4.10. The van der Waals surface area contributed by atoms with Crippen LogP contribution in [-0.2, 0) is 22.1 Å². The maximum Gasteiger partial charge on any atom is 1.00 e. The number of carbonyl (C=O) groups excluding carboxylic acids is 1. The fourth-order valence-corrected chi connectivity index (χ4v) is 8.23. The fourth-order valence-electron chi connectivity index (χ4n) is 6.36. The number of pyridine rings is 2. The van der Waals surface area contributed by atoms with Crippen molar-refractivity contribution in [3.8, 4) is 32.6 Å². The van der Waals surface area contributed by atoms with Gasteiger partial charge in [-0.3, -0.25) is 9.69 Å². The largest absolute Gasteiger partial charge is 1.00 e. The van der Waals surface area contributed by atoms with Crippen molar-refractivity contribution in [3.63, 3.8) is 0 Å². The number of thiazole rings is 2. The van der Waals surface area contributed by atoms with Crippen LogP contribution in [0, 0.1) is 0 Å². The molecule has 2 fully saturated rings. The van der Waals surface area contributed by atoms with Crippen molar-refractivity contribution in [2.75, 3.05) is 76.4 Å². The fraction of sp³-hybridized carbons (Fsp3) is 0.341. The minimum absolute atomic E-state index is 0. The smallest absolute Gasteiger partial charge is 1.00 e. The van der Waals surface area contributed by atoms with Gasteiger partial charge in [-0.05, 0) is 43.7 Å². The zero-order valence-corrected chi connectivity index (χ0v) is 52.7. The van der Waals surface area contributed by atoms with E-state index in [1.165, 1.54) is 5.56 Å². The minimum atomic E-state index is -0.181. The summed E-state index contributed by atoms with van der Waals surface area (Å²) in [5.41, 5.74) is 4.45. The second-order valence-electron chi connectivity index (χ2n) is 13.1. The van der Waals surface area contributed by atoms with Crippen LogP contribution in [0.15, 0.2) is 108 Å². The van der Waals surface area contributed by atoms with Gasteiger partial charge in [-0.15, -0.1) is 59.1 Å². The topological polar surface area (TPSA) is 141 Å². The van der Waals surface area contributed by atoms with Gasteiger partial charge in [0.1, 0.15) is 10.0 Å². The normalized spacial score (nSPS) is 13.0.